The number of aliphatic hydroxyl groups is 2. The van der Waals surface area contributed by atoms with Gasteiger partial charge in [0.25, 0.3) is 0 Å². The number of Topliss-reactive ketones (excluding diaryl/α,β-unsaturated/α-hetero) is 1. The molecular weight excluding hydrogens is 522 g/mol. The fraction of sp³-hybridized carbons (Fsp3) is 0.586. The van der Waals surface area contributed by atoms with E-state index in [1.54, 1.807) is 6.08 Å². The van der Waals surface area contributed by atoms with Crippen molar-refractivity contribution < 1.29 is 48.3 Å². The van der Waals surface area contributed by atoms with Gasteiger partial charge in [-0.3, -0.25) is 9.59 Å². The maximum absolute atomic E-state index is 13.2. The van der Waals surface area contributed by atoms with Crippen LogP contribution in [0.1, 0.15) is 57.2 Å². The van der Waals surface area contributed by atoms with E-state index in [1.165, 1.54) is 20.8 Å². The highest BCUT2D eigenvalue weighted by atomic mass is 16.6. The van der Waals surface area contributed by atoms with Gasteiger partial charge in [-0.2, -0.15) is 0 Å². The number of benzene rings is 1. The van der Waals surface area contributed by atoms with Crippen molar-refractivity contribution in [1.82, 2.24) is 4.90 Å². The molecule has 40 heavy (non-hydrogen) atoms. The van der Waals surface area contributed by atoms with Gasteiger partial charge in [0.1, 0.15) is 17.3 Å². The Bertz CT molecular complexity index is 1310. The molecule has 2 aliphatic heterocycles. The average molecular weight is 558 g/mol. The quantitative estimate of drug-likeness (QED) is 0.349. The summed E-state index contributed by atoms with van der Waals surface area (Å²) in [7, 11) is 1.99. The normalized spacial score (nSPS) is 30.1. The first-order valence-corrected chi connectivity index (χ1v) is 13.5. The number of likely N-dealkylation sites (tertiary alicyclic amines) is 1. The lowest BCUT2D eigenvalue weighted by atomic mass is 9.50. The molecule has 0 amide bonds. The predicted octanol–water partition coefficient (Wildman–Crippen LogP) is 1.09. The Kier molecular flexibility index (Phi) is 7.04. The van der Waals surface area contributed by atoms with Crippen LogP contribution in [0, 0.1) is 5.92 Å². The van der Waals surface area contributed by atoms with Gasteiger partial charge < -0.3 is 34.1 Å². The van der Waals surface area contributed by atoms with Crippen LogP contribution in [-0.4, -0.2) is 82.4 Å². The van der Waals surface area contributed by atoms with Crippen LogP contribution in [0.3, 0.4) is 0 Å². The molecule has 1 saturated heterocycles. The maximum atomic E-state index is 13.2. The number of nitrogens with zero attached hydrogens (tertiary/aromatic N) is 1. The van der Waals surface area contributed by atoms with Crippen LogP contribution >= 0.6 is 0 Å². The van der Waals surface area contributed by atoms with Crippen LogP contribution in [0.25, 0.3) is 0 Å². The first kappa shape index (κ1) is 28.3. The third-order valence-electron chi connectivity index (χ3n) is 9.09. The van der Waals surface area contributed by atoms with Crippen molar-refractivity contribution in [2.45, 2.75) is 88.9 Å². The lowest BCUT2D eigenvalue weighted by Crippen LogP contribution is -2.74. The van der Waals surface area contributed by atoms with Gasteiger partial charge in [0.05, 0.1) is 23.5 Å². The predicted molar refractivity (Wildman–Crippen MR) is 138 cm³/mol. The highest BCUT2D eigenvalue weighted by Gasteiger charge is 2.72. The van der Waals surface area contributed by atoms with Gasteiger partial charge in [-0.05, 0) is 51.9 Å². The number of hydrogen-bond acceptors (Lipinski definition) is 11. The Morgan fingerprint density at radius 2 is 1.88 bits per heavy atom. The molecule has 1 aromatic carbocycles. The molecule has 2 aliphatic carbocycles. The van der Waals surface area contributed by atoms with E-state index in [2.05, 4.69) is 4.90 Å². The molecule has 1 aromatic rings. The third kappa shape index (κ3) is 4.05. The molecule has 0 unspecified atom stereocenters. The van der Waals surface area contributed by atoms with Crippen molar-refractivity contribution in [3.63, 3.8) is 0 Å². The van der Waals surface area contributed by atoms with Crippen LogP contribution < -0.4 is 4.74 Å². The summed E-state index contributed by atoms with van der Waals surface area (Å²) in [5.74, 6) is -3.35. The van der Waals surface area contributed by atoms with Gasteiger partial charge in [0.15, 0.2) is 12.2 Å². The zero-order chi connectivity index (χ0) is 29.1. The summed E-state index contributed by atoms with van der Waals surface area (Å²) >= 11 is 0. The molecule has 7 atom stereocenters. The molecule has 1 fully saturated rings. The van der Waals surface area contributed by atoms with E-state index in [9.17, 15) is 29.4 Å². The number of hydrogen-bond donors (Lipinski definition) is 2. The van der Waals surface area contributed by atoms with Gasteiger partial charge in [-0.25, -0.2) is 9.59 Å². The number of ketones is 1. The smallest absolute Gasteiger partial charge is 0.352 e. The van der Waals surface area contributed by atoms with Crippen molar-refractivity contribution in [1.29, 1.82) is 0 Å². The second-order valence-corrected chi connectivity index (χ2v) is 11.3. The van der Waals surface area contributed by atoms with E-state index in [1.807, 2.05) is 19.2 Å². The Morgan fingerprint density at radius 3 is 2.52 bits per heavy atom. The fourth-order valence-corrected chi connectivity index (χ4v) is 6.87. The van der Waals surface area contributed by atoms with Crippen LogP contribution in [-0.2, 0) is 51.8 Å². The first-order chi connectivity index (χ1) is 18.9. The van der Waals surface area contributed by atoms with E-state index >= 15 is 0 Å². The Morgan fingerprint density at radius 1 is 1.15 bits per heavy atom. The van der Waals surface area contributed by atoms with Gasteiger partial charge >= 0.3 is 17.9 Å². The number of aliphatic hydroxyl groups excluding tert-OH is 1. The highest BCUT2D eigenvalue weighted by molar-refractivity contribution is 5.89. The first-order valence-electron chi connectivity index (χ1n) is 13.5. The van der Waals surface area contributed by atoms with Crippen molar-refractivity contribution in [2.75, 3.05) is 13.6 Å². The third-order valence-corrected chi connectivity index (χ3v) is 9.09. The summed E-state index contributed by atoms with van der Waals surface area (Å²) in [5, 5.41) is 22.3. The number of carbonyl (C=O) groups excluding carboxylic acids is 4. The largest absolute Gasteiger partial charge is 0.481 e. The second-order valence-electron chi connectivity index (χ2n) is 11.3. The molecule has 0 saturated carbocycles. The van der Waals surface area contributed by atoms with E-state index in [0.717, 1.165) is 18.1 Å². The molecule has 5 rings (SSSR count). The lowest BCUT2D eigenvalue weighted by molar-refractivity contribution is -0.182. The molecule has 2 heterocycles. The number of rotatable bonds is 8. The molecule has 216 valence electrons. The molecule has 1 spiro atoms. The van der Waals surface area contributed by atoms with E-state index in [-0.39, 0.29) is 30.6 Å². The summed E-state index contributed by atoms with van der Waals surface area (Å²) in [6.45, 7) is 5.55. The van der Waals surface area contributed by atoms with E-state index < -0.39 is 53.2 Å². The molecule has 0 radical (unpaired) electrons. The topological polar surface area (TPSA) is 149 Å². The number of ether oxygens (including phenoxy) is 4. The molecule has 0 aromatic heterocycles. The van der Waals surface area contributed by atoms with Crippen LogP contribution in [0.4, 0.5) is 0 Å². The molecule has 11 nitrogen and oxygen atoms in total. The van der Waals surface area contributed by atoms with E-state index in [0.29, 0.717) is 30.7 Å². The van der Waals surface area contributed by atoms with Crippen LogP contribution in [0.2, 0.25) is 0 Å². The maximum Gasteiger partial charge on any atom is 0.352 e. The molecular formula is C29H35NO10. The Hall–Kier alpha value is -3.28. The molecule has 11 heteroatoms. The SMILES string of the molecule is CC(=O)O[C@@H](C(=O)O[C@@H](C)C(=O)OC1=CC[C@@]2(O)[C@H]3Cc4ccc(CO)c5c4[C@@]2(CCN3C)[C@H]1O5)[C@@H](C)C(C)=O. The average Bonchev–Trinajstić information content (AvgIpc) is 3.26. The van der Waals surface area contributed by atoms with Crippen LogP contribution in [0.15, 0.2) is 24.0 Å². The summed E-state index contributed by atoms with van der Waals surface area (Å²) in [4.78, 5) is 51.4. The van der Waals surface area contributed by atoms with Crippen molar-refractivity contribution in [3.8, 4) is 5.75 Å². The summed E-state index contributed by atoms with van der Waals surface area (Å²) in [6.07, 6.45) is -0.702. The minimum absolute atomic E-state index is 0.180. The van der Waals surface area contributed by atoms with Gasteiger partial charge in [-0.15, -0.1) is 0 Å². The summed E-state index contributed by atoms with van der Waals surface area (Å²) < 4.78 is 22.5. The number of esters is 3. The van der Waals surface area contributed by atoms with Gasteiger partial charge in [0, 0.05) is 30.5 Å². The zero-order valence-electron chi connectivity index (χ0n) is 23.3. The molecule has 2 bridgehead atoms. The number of piperidine rings is 1. The second kappa shape index (κ2) is 9.97. The van der Waals surface area contributed by atoms with Crippen molar-refractivity contribution in [3.05, 3.63) is 40.7 Å². The monoisotopic (exact) mass is 557 g/mol. The minimum atomic E-state index is -1.51. The fourth-order valence-electron chi connectivity index (χ4n) is 6.87. The summed E-state index contributed by atoms with van der Waals surface area (Å²) in [6, 6.07) is 3.61. The summed E-state index contributed by atoms with van der Waals surface area (Å²) in [5.41, 5.74) is 0.401. The van der Waals surface area contributed by atoms with Gasteiger partial charge in [0.2, 0.25) is 6.10 Å². The molecule has 4 aliphatic rings. The molecule has 2 N–H and O–H groups in total. The Labute approximate surface area is 232 Å². The number of carbonyl (C=O) groups is 4. The van der Waals surface area contributed by atoms with Crippen molar-refractivity contribution >= 4 is 23.7 Å². The minimum Gasteiger partial charge on any atom is -0.481 e. The number of likely N-dealkylation sites (N-methyl/N-ethyl adjacent to an activating group) is 1. The van der Waals surface area contributed by atoms with Gasteiger partial charge in [-0.1, -0.05) is 19.1 Å². The Balaban J connectivity index is 1.42. The zero-order valence-corrected chi connectivity index (χ0v) is 23.3. The highest BCUT2D eigenvalue weighted by Crippen LogP contribution is 2.64. The van der Waals surface area contributed by atoms with E-state index in [4.69, 9.17) is 18.9 Å². The standard InChI is InChI=1S/C29H35NO10/c1-14(15(2)32)23(38-17(4)33)27(35)37-16(3)26(34)39-20-8-9-29(36)21-12-18-6-7-19(13-31)24-22(18)28(29,25(20)40-24)10-11-30(21)5/h6-8,14,16,21,23,25,31,36H,9-13H2,1-5H3/t14-,16-,21+,23+,25-,28-,29+/m0/s1. The lowest BCUT2D eigenvalue weighted by Gasteiger charge is -2.61. The van der Waals surface area contributed by atoms with Crippen LogP contribution in [0.5, 0.6) is 5.75 Å². The van der Waals surface area contributed by atoms with Crippen molar-refractivity contribution in [2.24, 2.45) is 5.92 Å².